The van der Waals surface area contributed by atoms with Crippen molar-refractivity contribution < 1.29 is 14.3 Å². The molecule has 0 saturated heterocycles. The lowest BCUT2D eigenvalue weighted by molar-refractivity contribution is -0.114. The fraction of sp³-hybridized carbons (Fsp3) is 0.767. The van der Waals surface area contributed by atoms with Crippen molar-refractivity contribution in [3.63, 3.8) is 0 Å². The van der Waals surface area contributed by atoms with Gasteiger partial charge in [-0.1, -0.05) is 124 Å². The van der Waals surface area contributed by atoms with E-state index in [9.17, 15) is 14.3 Å². The summed E-state index contributed by atoms with van der Waals surface area (Å²) in [6.45, 7) is 14.0. The monoisotopic (exact) mass is 522 g/mol. The Hall–Kier alpha value is -1.16. The van der Waals surface area contributed by atoms with Crippen LogP contribution >= 0.6 is 7.52 Å². The fourth-order valence-corrected chi connectivity index (χ4v) is 6.30. The molecule has 0 spiro atoms. The minimum Gasteiger partial charge on any atom is -0.333 e. The van der Waals surface area contributed by atoms with E-state index in [4.69, 9.17) is 0 Å². The summed E-state index contributed by atoms with van der Waals surface area (Å²) in [5.41, 5.74) is 2.95. The topological polar surface area (TPSA) is 69.6 Å². The quantitative estimate of drug-likeness (QED) is 0.132. The van der Waals surface area contributed by atoms with E-state index in [1.165, 1.54) is 51.4 Å². The lowest BCUT2D eigenvalue weighted by Gasteiger charge is -2.28. The molecule has 1 aromatic rings. The maximum atomic E-state index is 13.5. The Morgan fingerprint density at radius 2 is 1.22 bits per heavy atom. The number of amides is 1. The molecule has 0 radical (unpaired) electrons. The molecule has 0 aliphatic carbocycles. The third-order valence-electron chi connectivity index (χ3n) is 6.97. The van der Waals surface area contributed by atoms with Gasteiger partial charge in [-0.05, 0) is 35.8 Å². The first-order valence-electron chi connectivity index (χ1n) is 14.6. The number of para-hydroxylation sites is 1. The van der Waals surface area contributed by atoms with Crippen LogP contribution in [0, 0.1) is 0 Å². The molecule has 0 heterocycles. The van der Waals surface area contributed by atoms with Gasteiger partial charge in [-0.2, -0.15) is 0 Å². The lowest BCUT2D eigenvalue weighted by atomic mass is 9.92. The molecule has 2 N–H and O–H groups in total. The molecule has 36 heavy (non-hydrogen) atoms. The van der Waals surface area contributed by atoms with Gasteiger partial charge in [0.1, 0.15) is 6.16 Å². The van der Waals surface area contributed by atoms with E-state index in [2.05, 4.69) is 46.9 Å². The van der Waals surface area contributed by atoms with Gasteiger partial charge in [-0.15, -0.1) is 0 Å². The number of benzene rings is 1. The molecule has 1 aromatic carbocycles. The Morgan fingerprint density at radius 1 is 0.806 bits per heavy atom. The van der Waals surface area contributed by atoms with Crippen molar-refractivity contribution >= 4 is 19.1 Å². The number of anilines is 1. The number of carbonyl (C=O) groups is 1. The molecular weight excluding hydrogens is 467 g/mol. The van der Waals surface area contributed by atoms with Gasteiger partial charge in [-0.25, -0.2) is 4.67 Å². The van der Waals surface area contributed by atoms with E-state index in [0.717, 1.165) is 42.5 Å². The number of unbranched alkanes of at least 4 members (excludes halogenated alkanes) is 10. The van der Waals surface area contributed by atoms with Gasteiger partial charge in [0.2, 0.25) is 5.91 Å². The Balaban J connectivity index is 2.87. The van der Waals surface area contributed by atoms with Gasteiger partial charge >= 0.3 is 0 Å². The first kappa shape index (κ1) is 32.9. The highest BCUT2D eigenvalue weighted by molar-refractivity contribution is 7.56. The molecule has 0 aromatic heterocycles. The molecule has 0 aliphatic rings. The van der Waals surface area contributed by atoms with E-state index >= 15 is 0 Å². The molecule has 0 saturated carbocycles. The number of hydrogen-bond donors (Lipinski definition) is 2. The second kappa shape index (κ2) is 18.2. The molecule has 6 heteroatoms. The van der Waals surface area contributed by atoms with Gasteiger partial charge in [0.25, 0.3) is 7.52 Å². The molecule has 5 nitrogen and oxygen atoms in total. The summed E-state index contributed by atoms with van der Waals surface area (Å²) >= 11 is 0. The zero-order chi connectivity index (χ0) is 27.0. The Kier molecular flexibility index (Phi) is 16.6. The molecule has 0 bridgehead atoms. The number of carbonyl (C=O) groups excluding carboxylic acids is 1. The Labute approximate surface area is 222 Å². The van der Waals surface area contributed by atoms with Crippen LogP contribution in [0.2, 0.25) is 0 Å². The molecule has 0 fully saturated rings. The van der Waals surface area contributed by atoms with Crippen LogP contribution in [-0.2, 0) is 9.36 Å². The van der Waals surface area contributed by atoms with Crippen molar-refractivity contribution in [2.45, 2.75) is 130 Å². The second-order valence-electron chi connectivity index (χ2n) is 11.0. The Bertz CT molecular complexity index is 752. The summed E-state index contributed by atoms with van der Waals surface area (Å²) < 4.78 is 15.2. The molecular formula is C30H55N2O3P. The molecule has 1 atom stereocenters. The van der Waals surface area contributed by atoms with Gasteiger partial charge in [-0.3, -0.25) is 9.36 Å². The maximum Gasteiger partial charge on any atom is 0.279 e. The zero-order valence-corrected chi connectivity index (χ0v) is 25.0. The van der Waals surface area contributed by atoms with Crippen LogP contribution in [0.3, 0.4) is 0 Å². The van der Waals surface area contributed by atoms with Crippen molar-refractivity contribution in [2.24, 2.45) is 0 Å². The zero-order valence-electron chi connectivity index (χ0n) is 24.2. The van der Waals surface area contributed by atoms with E-state index in [1.807, 2.05) is 18.2 Å². The van der Waals surface area contributed by atoms with E-state index in [0.29, 0.717) is 13.1 Å². The van der Waals surface area contributed by atoms with Gasteiger partial charge < -0.3 is 10.2 Å². The molecule has 1 unspecified atom stereocenters. The third kappa shape index (κ3) is 12.4. The van der Waals surface area contributed by atoms with Gasteiger partial charge in [0.15, 0.2) is 0 Å². The SMILES string of the molecule is CCCCCCCCN(CCCCCCCC)P(=O)(O)CC(=O)Nc1c(C(C)C)cccc1C(C)C. The number of hydrogen-bond acceptors (Lipinski definition) is 2. The van der Waals surface area contributed by atoms with Crippen molar-refractivity contribution in [3.8, 4) is 0 Å². The van der Waals surface area contributed by atoms with Crippen LogP contribution in [0.4, 0.5) is 5.69 Å². The van der Waals surface area contributed by atoms with Crippen molar-refractivity contribution in [2.75, 3.05) is 24.6 Å². The van der Waals surface area contributed by atoms with Crippen molar-refractivity contribution in [1.29, 1.82) is 0 Å². The number of nitrogens with zero attached hydrogens (tertiary/aromatic N) is 1. The predicted octanol–water partition coefficient (Wildman–Crippen LogP) is 9.08. The highest BCUT2D eigenvalue weighted by Crippen LogP contribution is 2.45. The maximum absolute atomic E-state index is 13.5. The van der Waals surface area contributed by atoms with E-state index in [1.54, 1.807) is 4.67 Å². The molecule has 0 aliphatic heterocycles. The Morgan fingerprint density at radius 3 is 1.64 bits per heavy atom. The van der Waals surface area contributed by atoms with Crippen LogP contribution in [0.15, 0.2) is 18.2 Å². The minimum atomic E-state index is -3.77. The molecule has 208 valence electrons. The lowest BCUT2D eigenvalue weighted by Crippen LogP contribution is -2.29. The summed E-state index contributed by atoms with van der Waals surface area (Å²) in [5.74, 6) is 0.125. The van der Waals surface area contributed by atoms with Gasteiger partial charge in [0.05, 0.1) is 0 Å². The van der Waals surface area contributed by atoms with Gasteiger partial charge in [0, 0.05) is 18.8 Å². The number of nitrogens with one attached hydrogen (secondary N) is 1. The smallest absolute Gasteiger partial charge is 0.279 e. The summed E-state index contributed by atoms with van der Waals surface area (Å²) in [6.07, 6.45) is 13.3. The van der Waals surface area contributed by atoms with Crippen LogP contribution in [0.1, 0.15) is 142 Å². The predicted molar refractivity (Wildman–Crippen MR) is 156 cm³/mol. The standard InChI is InChI=1S/C30H55N2O3P/c1-7-9-11-13-15-17-22-32(23-18-16-14-12-10-8-2)36(34,35)24-29(33)31-30-27(25(3)4)20-19-21-28(30)26(5)6/h19-21,25-26H,7-18,22-24H2,1-6H3,(H,31,33)(H,34,35). The first-order chi connectivity index (χ1) is 17.1. The van der Waals surface area contributed by atoms with E-state index in [-0.39, 0.29) is 23.9 Å². The van der Waals surface area contributed by atoms with Crippen LogP contribution in [0.25, 0.3) is 0 Å². The average molecular weight is 523 g/mol. The summed E-state index contributed by atoms with van der Waals surface area (Å²) in [4.78, 5) is 24.2. The summed E-state index contributed by atoms with van der Waals surface area (Å²) in [5, 5.41) is 3.04. The first-order valence-corrected chi connectivity index (χ1v) is 16.4. The molecule has 1 rings (SSSR count). The normalized spacial score (nSPS) is 13.5. The van der Waals surface area contributed by atoms with Crippen LogP contribution in [0.5, 0.6) is 0 Å². The van der Waals surface area contributed by atoms with Crippen molar-refractivity contribution in [1.82, 2.24) is 4.67 Å². The highest BCUT2D eigenvalue weighted by Gasteiger charge is 2.31. The second-order valence-corrected chi connectivity index (χ2v) is 13.2. The molecule has 1 amide bonds. The fourth-order valence-electron chi connectivity index (χ4n) is 4.74. The van der Waals surface area contributed by atoms with E-state index < -0.39 is 7.52 Å². The largest absolute Gasteiger partial charge is 0.333 e. The average Bonchev–Trinajstić information content (AvgIpc) is 2.81. The van der Waals surface area contributed by atoms with Crippen molar-refractivity contribution in [3.05, 3.63) is 29.3 Å². The summed E-state index contributed by atoms with van der Waals surface area (Å²) in [6, 6.07) is 6.10. The highest BCUT2D eigenvalue weighted by atomic mass is 31.2. The minimum absolute atomic E-state index is 0.247. The van der Waals surface area contributed by atoms with Crippen LogP contribution < -0.4 is 5.32 Å². The summed E-state index contributed by atoms with van der Waals surface area (Å²) in [7, 11) is -3.77. The number of rotatable bonds is 20. The van der Waals surface area contributed by atoms with Crippen LogP contribution in [-0.4, -0.2) is 34.7 Å². The third-order valence-corrected chi connectivity index (χ3v) is 8.95.